The molecule has 0 aromatic heterocycles. The van der Waals surface area contributed by atoms with E-state index in [4.69, 9.17) is 4.74 Å². The second kappa shape index (κ2) is 7.69. The number of carbonyl (C=O) groups is 3. The van der Waals surface area contributed by atoms with Crippen LogP contribution in [-0.4, -0.2) is 72.5 Å². The number of nitrogens with one attached hydrogen (secondary N) is 1. The molecule has 1 aromatic rings. The summed E-state index contributed by atoms with van der Waals surface area (Å²) in [6.45, 7) is 7.47. The minimum atomic E-state index is -0.918. The maximum absolute atomic E-state index is 12.5. The highest BCUT2D eigenvalue weighted by atomic mass is 16.5. The first-order valence-electron chi connectivity index (χ1n) is 9.61. The van der Waals surface area contributed by atoms with Crippen LogP contribution in [0.5, 0.6) is 5.75 Å². The Labute approximate surface area is 165 Å². The van der Waals surface area contributed by atoms with Gasteiger partial charge < -0.3 is 19.9 Å². The molecule has 2 aliphatic heterocycles. The number of urea groups is 1. The monoisotopic (exact) mass is 388 g/mol. The molecular formula is C20H28N4O4. The number of ether oxygens (including phenoxy) is 1. The molecule has 0 radical (unpaired) electrons. The zero-order chi connectivity index (χ0) is 20.5. The van der Waals surface area contributed by atoms with Crippen molar-refractivity contribution < 1.29 is 19.1 Å². The van der Waals surface area contributed by atoms with Gasteiger partial charge in [-0.15, -0.1) is 0 Å². The summed E-state index contributed by atoms with van der Waals surface area (Å²) < 4.78 is 6.06. The minimum Gasteiger partial charge on any atom is -0.485 e. The molecule has 2 heterocycles. The Kier molecular flexibility index (Phi) is 5.49. The lowest BCUT2D eigenvalue weighted by Crippen LogP contribution is -2.47. The molecule has 0 aliphatic carbocycles. The zero-order valence-corrected chi connectivity index (χ0v) is 16.9. The van der Waals surface area contributed by atoms with Crippen LogP contribution in [0.25, 0.3) is 0 Å². The van der Waals surface area contributed by atoms with Crippen LogP contribution in [-0.2, 0) is 9.59 Å². The fourth-order valence-electron chi connectivity index (χ4n) is 3.60. The van der Waals surface area contributed by atoms with Gasteiger partial charge in [0, 0.05) is 26.6 Å². The van der Waals surface area contributed by atoms with E-state index in [0.29, 0.717) is 13.1 Å². The van der Waals surface area contributed by atoms with Crippen LogP contribution < -0.4 is 15.0 Å². The summed E-state index contributed by atoms with van der Waals surface area (Å²) in [6, 6.07) is 7.44. The van der Waals surface area contributed by atoms with Crippen LogP contribution in [0.2, 0.25) is 0 Å². The summed E-state index contributed by atoms with van der Waals surface area (Å²) in [4.78, 5) is 41.6. The molecule has 1 fully saturated rings. The molecular weight excluding hydrogens is 360 g/mol. The minimum absolute atomic E-state index is 0.0761. The summed E-state index contributed by atoms with van der Waals surface area (Å²) in [5.41, 5.74) is 0.148. The molecule has 0 unspecified atom stereocenters. The number of carbonyl (C=O) groups excluding carboxylic acids is 3. The maximum Gasteiger partial charge on any atom is 0.325 e. The van der Waals surface area contributed by atoms with Gasteiger partial charge in [-0.2, -0.15) is 0 Å². The van der Waals surface area contributed by atoms with Gasteiger partial charge in [0.15, 0.2) is 0 Å². The highest BCUT2D eigenvalue weighted by molar-refractivity contribution is 6.06. The van der Waals surface area contributed by atoms with Gasteiger partial charge in [-0.3, -0.25) is 14.5 Å². The van der Waals surface area contributed by atoms with Crippen LogP contribution in [0.3, 0.4) is 0 Å². The van der Waals surface area contributed by atoms with E-state index in [2.05, 4.69) is 17.1 Å². The molecule has 2 aliphatic rings. The molecule has 3 rings (SSSR count). The third-order valence-electron chi connectivity index (χ3n) is 5.20. The number of imide groups is 1. The molecule has 1 N–H and O–H groups in total. The first kappa shape index (κ1) is 20.0. The van der Waals surface area contributed by atoms with Gasteiger partial charge in [0.05, 0.1) is 18.8 Å². The lowest BCUT2D eigenvalue weighted by molar-refractivity contribution is -0.133. The first-order valence-corrected chi connectivity index (χ1v) is 9.61. The predicted octanol–water partition coefficient (Wildman–Crippen LogP) is 1.45. The normalized spacial score (nSPS) is 20.5. The number of amides is 4. The quantitative estimate of drug-likeness (QED) is 0.746. The molecule has 28 heavy (non-hydrogen) atoms. The van der Waals surface area contributed by atoms with E-state index in [0.717, 1.165) is 22.9 Å². The predicted molar refractivity (Wildman–Crippen MR) is 105 cm³/mol. The fourth-order valence-corrected chi connectivity index (χ4v) is 3.60. The van der Waals surface area contributed by atoms with Crippen LogP contribution in [0.4, 0.5) is 10.5 Å². The summed E-state index contributed by atoms with van der Waals surface area (Å²) in [5, 5.41) is 2.62. The molecule has 4 amide bonds. The Morgan fingerprint density at radius 1 is 1.32 bits per heavy atom. The number of para-hydroxylation sites is 2. The number of hydrogen-bond donors (Lipinski definition) is 1. The summed E-state index contributed by atoms with van der Waals surface area (Å²) in [6.07, 6.45) is -0.0496. The number of hydrogen-bond acceptors (Lipinski definition) is 5. The van der Waals surface area contributed by atoms with Crippen molar-refractivity contribution in [2.75, 3.05) is 38.1 Å². The van der Waals surface area contributed by atoms with Crippen molar-refractivity contribution in [2.24, 2.45) is 0 Å². The number of anilines is 1. The molecule has 0 bridgehead atoms. The maximum atomic E-state index is 12.5. The Balaban J connectivity index is 1.55. The fraction of sp³-hybridized carbons (Fsp3) is 0.550. The largest absolute Gasteiger partial charge is 0.485 e. The standard InChI is InChI=1S/C20H28N4O4/c1-5-23-13-14(28-16-9-7-6-8-15(16)23)12-22(4)17(25)10-11-24-18(26)20(2,3)21-19(24)27/h6-9,14H,5,10-13H2,1-4H3,(H,21,27)/t14-/m1/s1. The van der Waals surface area contributed by atoms with E-state index >= 15 is 0 Å². The molecule has 8 nitrogen and oxygen atoms in total. The van der Waals surface area contributed by atoms with Crippen LogP contribution >= 0.6 is 0 Å². The van der Waals surface area contributed by atoms with Crippen molar-refractivity contribution in [2.45, 2.75) is 38.8 Å². The van der Waals surface area contributed by atoms with E-state index in [9.17, 15) is 14.4 Å². The summed E-state index contributed by atoms with van der Waals surface area (Å²) >= 11 is 0. The van der Waals surface area contributed by atoms with Crippen LogP contribution in [0, 0.1) is 0 Å². The Morgan fingerprint density at radius 2 is 2.04 bits per heavy atom. The van der Waals surface area contributed by atoms with Gasteiger partial charge in [-0.1, -0.05) is 12.1 Å². The Morgan fingerprint density at radius 3 is 2.68 bits per heavy atom. The van der Waals surface area contributed by atoms with Crippen molar-refractivity contribution in [1.29, 1.82) is 0 Å². The lowest BCUT2D eigenvalue weighted by Gasteiger charge is -2.37. The van der Waals surface area contributed by atoms with E-state index < -0.39 is 11.6 Å². The molecule has 1 atom stereocenters. The summed E-state index contributed by atoms with van der Waals surface area (Å²) in [5.74, 6) is 0.387. The number of nitrogens with zero attached hydrogens (tertiary/aromatic N) is 3. The summed E-state index contributed by atoms with van der Waals surface area (Å²) in [7, 11) is 1.72. The van der Waals surface area contributed by atoms with E-state index in [1.165, 1.54) is 0 Å². The number of rotatable bonds is 6. The van der Waals surface area contributed by atoms with Crippen molar-refractivity contribution in [3.8, 4) is 5.75 Å². The van der Waals surface area contributed by atoms with Crippen LogP contribution in [0.1, 0.15) is 27.2 Å². The van der Waals surface area contributed by atoms with Gasteiger partial charge in [0.1, 0.15) is 17.4 Å². The van der Waals surface area contributed by atoms with E-state index in [1.54, 1.807) is 25.8 Å². The van der Waals surface area contributed by atoms with Crippen molar-refractivity contribution in [1.82, 2.24) is 15.1 Å². The lowest BCUT2D eigenvalue weighted by atomic mass is 10.1. The van der Waals surface area contributed by atoms with Crippen molar-refractivity contribution in [3.63, 3.8) is 0 Å². The van der Waals surface area contributed by atoms with Gasteiger partial charge in [-0.25, -0.2) is 4.79 Å². The number of likely N-dealkylation sites (N-methyl/N-ethyl adjacent to an activating group) is 2. The van der Waals surface area contributed by atoms with Crippen molar-refractivity contribution in [3.05, 3.63) is 24.3 Å². The SMILES string of the molecule is CCN1C[C@@H](CN(C)C(=O)CCN2C(=O)NC(C)(C)C2=O)Oc2ccccc21. The molecule has 152 valence electrons. The molecule has 1 saturated heterocycles. The van der Waals surface area contributed by atoms with E-state index in [1.807, 2.05) is 24.3 Å². The molecule has 1 aromatic carbocycles. The molecule has 0 spiro atoms. The highest BCUT2D eigenvalue weighted by Gasteiger charge is 2.44. The van der Waals surface area contributed by atoms with Gasteiger partial charge >= 0.3 is 6.03 Å². The zero-order valence-electron chi connectivity index (χ0n) is 16.9. The topological polar surface area (TPSA) is 82.2 Å². The second-order valence-electron chi connectivity index (χ2n) is 7.78. The van der Waals surface area contributed by atoms with Gasteiger partial charge in [0.2, 0.25) is 5.91 Å². The Bertz CT molecular complexity index is 779. The Hall–Kier alpha value is -2.77. The average Bonchev–Trinajstić information content (AvgIpc) is 2.85. The number of fused-ring (bicyclic) bond motifs is 1. The number of benzene rings is 1. The second-order valence-corrected chi connectivity index (χ2v) is 7.78. The first-order chi connectivity index (χ1) is 13.2. The molecule has 0 saturated carbocycles. The third-order valence-corrected chi connectivity index (χ3v) is 5.20. The van der Waals surface area contributed by atoms with Crippen LogP contribution in [0.15, 0.2) is 24.3 Å². The highest BCUT2D eigenvalue weighted by Crippen LogP contribution is 2.32. The average molecular weight is 388 g/mol. The van der Waals surface area contributed by atoms with Gasteiger partial charge in [0.25, 0.3) is 5.91 Å². The van der Waals surface area contributed by atoms with E-state index in [-0.39, 0.29) is 30.9 Å². The smallest absolute Gasteiger partial charge is 0.325 e. The van der Waals surface area contributed by atoms with Crippen molar-refractivity contribution >= 4 is 23.5 Å². The van der Waals surface area contributed by atoms with Gasteiger partial charge in [-0.05, 0) is 32.9 Å². The third kappa shape index (κ3) is 3.90. The molecule has 8 heteroatoms.